The summed E-state index contributed by atoms with van der Waals surface area (Å²) < 4.78 is 40.0. The van der Waals surface area contributed by atoms with Crippen LogP contribution in [0, 0.1) is 0 Å². The first-order valence-electron chi connectivity index (χ1n) is 9.69. The van der Waals surface area contributed by atoms with Gasteiger partial charge in [0.15, 0.2) is 5.83 Å². The number of alkyl halides is 2. The quantitative estimate of drug-likeness (QED) is 0.769. The van der Waals surface area contributed by atoms with Crippen LogP contribution in [0.1, 0.15) is 67.6 Å². The molecule has 2 aliphatic rings. The maximum Gasteiger partial charge on any atom is 0.280 e. The summed E-state index contributed by atoms with van der Waals surface area (Å²) in [6, 6.07) is 3.64. The fourth-order valence-electron chi connectivity index (χ4n) is 3.80. The summed E-state index contributed by atoms with van der Waals surface area (Å²) in [4.78, 5) is 30.1. The molecule has 0 unspecified atom stereocenters. The lowest BCUT2D eigenvalue weighted by Gasteiger charge is -2.25. The van der Waals surface area contributed by atoms with Gasteiger partial charge in [-0.05, 0) is 56.2 Å². The summed E-state index contributed by atoms with van der Waals surface area (Å²) in [5, 5.41) is 2.58. The average molecular weight is 395 g/mol. The zero-order valence-corrected chi connectivity index (χ0v) is 15.6. The van der Waals surface area contributed by atoms with Crippen molar-refractivity contribution in [3.05, 3.63) is 41.0 Å². The van der Waals surface area contributed by atoms with E-state index in [0.29, 0.717) is 31.4 Å². The summed E-state index contributed by atoms with van der Waals surface area (Å²) >= 11 is 0. The van der Waals surface area contributed by atoms with Crippen molar-refractivity contribution in [3.8, 4) is 0 Å². The van der Waals surface area contributed by atoms with Crippen LogP contribution in [0.2, 0.25) is 0 Å². The van der Waals surface area contributed by atoms with Crippen LogP contribution in [0.5, 0.6) is 0 Å². The lowest BCUT2D eigenvalue weighted by atomic mass is 9.94. The molecule has 0 spiro atoms. The minimum absolute atomic E-state index is 0.0495. The highest BCUT2D eigenvalue weighted by atomic mass is 19.3. The van der Waals surface area contributed by atoms with Crippen LogP contribution in [0.15, 0.2) is 29.6 Å². The van der Waals surface area contributed by atoms with Gasteiger partial charge < -0.3 is 10.2 Å². The molecule has 0 bridgehead atoms. The molecule has 1 saturated heterocycles. The largest absolute Gasteiger partial charge is 0.348 e. The summed E-state index contributed by atoms with van der Waals surface area (Å²) in [6.45, 7) is 0.573. The molecule has 2 amide bonds. The summed E-state index contributed by atoms with van der Waals surface area (Å²) in [5.41, 5.74) is 0.0683. The molecule has 0 aromatic carbocycles. The van der Waals surface area contributed by atoms with Gasteiger partial charge in [-0.3, -0.25) is 9.59 Å². The molecule has 2 fully saturated rings. The Morgan fingerprint density at radius 2 is 1.93 bits per heavy atom. The standard InChI is InChI=1S/C20H24F3N3O2/c21-17(13-6-2-1-3-7-13)19(27)24-12-14-8-5-11-26(14)20(28)16-10-4-9-15(25-16)18(22)23/h4,9-10,14,18H,1-3,5-8,11-12H2,(H,24,27)/t14-/m1/s1. The van der Waals surface area contributed by atoms with Crippen LogP contribution in [0.4, 0.5) is 13.2 Å². The van der Waals surface area contributed by atoms with E-state index in [1.165, 1.54) is 23.1 Å². The average Bonchev–Trinajstić information content (AvgIpc) is 3.20. The van der Waals surface area contributed by atoms with Gasteiger partial charge >= 0.3 is 0 Å². The SMILES string of the molecule is O=C(NC[C@H]1CCCN1C(=O)c1cccc(C(F)F)n1)C(F)=C1CCCCC1. The van der Waals surface area contributed by atoms with Crippen LogP contribution < -0.4 is 5.32 Å². The first kappa shape index (κ1) is 20.4. The minimum Gasteiger partial charge on any atom is -0.348 e. The van der Waals surface area contributed by atoms with E-state index in [9.17, 15) is 22.8 Å². The topological polar surface area (TPSA) is 62.3 Å². The molecule has 1 aromatic heterocycles. The number of rotatable bonds is 5. The fraction of sp³-hybridized carbons (Fsp3) is 0.550. The molecular weight excluding hydrogens is 371 g/mol. The van der Waals surface area contributed by atoms with E-state index < -0.39 is 29.8 Å². The van der Waals surface area contributed by atoms with Gasteiger partial charge in [-0.25, -0.2) is 18.2 Å². The number of nitrogens with one attached hydrogen (secondary N) is 1. The third kappa shape index (κ3) is 4.72. The molecule has 5 nitrogen and oxygen atoms in total. The second kappa shape index (κ2) is 9.21. The molecule has 8 heteroatoms. The van der Waals surface area contributed by atoms with Crippen molar-refractivity contribution in [2.45, 2.75) is 57.4 Å². The Morgan fingerprint density at radius 3 is 2.64 bits per heavy atom. The summed E-state index contributed by atoms with van der Waals surface area (Å²) in [7, 11) is 0. The lowest BCUT2D eigenvalue weighted by molar-refractivity contribution is -0.119. The number of pyridine rings is 1. The van der Waals surface area contributed by atoms with Gasteiger partial charge in [0.1, 0.15) is 11.4 Å². The molecule has 3 rings (SSSR count). The smallest absolute Gasteiger partial charge is 0.280 e. The van der Waals surface area contributed by atoms with E-state index in [4.69, 9.17) is 0 Å². The Morgan fingerprint density at radius 1 is 1.18 bits per heavy atom. The van der Waals surface area contributed by atoms with Crippen LogP contribution in [0.25, 0.3) is 0 Å². The van der Waals surface area contributed by atoms with Gasteiger partial charge in [0, 0.05) is 19.1 Å². The fourth-order valence-corrected chi connectivity index (χ4v) is 3.80. The molecule has 28 heavy (non-hydrogen) atoms. The normalized spacial score (nSPS) is 19.8. The molecule has 2 heterocycles. The van der Waals surface area contributed by atoms with Crippen molar-refractivity contribution in [1.82, 2.24) is 15.2 Å². The number of allylic oxidation sites excluding steroid dienone is 1. The Balaban J connectivity index is 1.62. The Kier molecular flexibility index (Phi) is 6.70. The number of carbonyl (C=O) groups excluding carboxylic acids is 2. The molecule has 1 atom stereocenters. The van der Waals surface area contributed by atoms with Crippen molar-refractivity contribution in [2.75, 3.05) is 13.1 Å². The van der Waals surface area contributed by atoms with Gasteiger partial charge in [-0.1, -0.05) is 12.5 Å². The molecule has 1 saturated carbocycles. The van der Waals surface area contributed by atoms with Crippen LogP contribution in [-0.4, -0.2) is 40.8 Å². The van der Waals surface area contributed by atoms with Crippen LogP contribution in [-0.2, 0) is 4.79 Å². The summed E-state index contributed by atoms with van der Waals surface area (Å²) in [6.07, 6.45) is 2.69. The monoisotopic (exact) mass is 395 g/mol. The molecule has 1 N–H and O–H groups in total. The molecule has 1 aliphatic heterocycles. The highest BCUT2D eigenvalue weighted by Crippen LogP contribution is 2.26. The van der Waals surface area contributed by atoms with Crippen LogP contribution >= 0.6 is 0 Å². The number of hydrogen-bond donors (Lipinski definition) is 1. The van der Waals surface area contributed by atoms with Crippen molar-refractivity contribution in [2.24, 2.45) is 0 Å². The van der Waals surface area contributed by atoms with E-state index in [0.717, 1.165) is 25.7 Å². The number of carbonyl (C=O) groups is 2. The van der Waals surface area contributed by atoms with E-state index in [-0.39, 0.29) is 18.3 Å². The van der Waals surface area contributed by atoms with Crippen molar-refractivity contribution < 1.29 is 22.8 Å². The van der Waals surface area contributed by atoms with E-state index >= 15 is 0 Å². The van der Waals surface area contributed by atoms with Crippen molar-refractivity contribution in [1.29, 1.82) is 0 Å². The van der Waals surface area contributed by atoms with E-state index in [2.05, 4.69) is 10.3 Å². The van der Waals surface area contributed by atoms with Crippen molar-refractivity contribution >= 4 is 11.8 Å². The molecule has 0 radical (unpaired) electrons. The van der Waals surface area contributed by atoms with E-state index in [1.807, 2.05) is 0 Å². The number of hydrogen-bond acceptors (Lipinski definition) is 3. The zero-order chi connectivity index (χ0) is 20.1. The molecule has 1 aromatic rings. The minimum atomic E-state index is -2.75. The number of nitrogens with zero attached hydrogens (tertiary/aromatic N) is 2. The van der Waals surface area contributed by atoms with Crippen LogP contribution in [0.3, 0.4) is 0 Å². The number of halogens is 3. The Labute approximate surface area is 162 Å². The highest BCUT2D eigenvalue weighted by Gasteiger charge is 2.31. The predicted octanol–water partition coefficient (Wildman–Crippen LogP) is 3.93. The molecule has 1 aliphatic carbocycles. The first-order chi connectivity index (χ1) is 13.5. The third-order valence-electron chi connectivity index (χ3n) is 5.32. The van der Waals surface area contributed by atoms with Gasteiger partial charge in [0.05, 0.1) is 0 Å². The van der Waals surface area contributed by atoms with Gasteiger partial charge in [0.2, 0.25) is 0 Å². The first-order valence-corrected chi connectivity index (χ1v) is 9.69. The number of likely N-dealkylation sites (tertiary alicyclic amines) is 1. The third-order valence-corrected chi connectivity index (χ3v) is 5.32. The maximum absolute atomic E-state index is 14.3. The second-order valence-corrected chi connectivity index (χ2v) is 7.23. The van der Waals surface area contributed by atoms with Gasteiger partial charge in [-0.2, -0.15) is 0 Å². The molecule has 152 valence electrons. The Hall–Kier alpha value is -2.38. The van der Waals surface area contributed by atoms with E-state index in [1.54, 1.807) is 0 Å². The lowest BCUT2D eigenvalue weighted by Crippen LogP contribution is -2.43. The van der Waals surface area contributed by atoms with Gasteiger partial charge in [-0.15, -0.1) is 0 Å². The summed E-state index contributed by atoms with van der Waals surface area (Å²) in [5.74, 6) is -1.90. The van der Waals surface area contributed by atoms with Gasteiger partial charge in [0.25, 0.3) is 18.2 Å². The Bertz CT molecular complexity index is 759. The highest BCUT2D eigenvalue weighted by molar-refractivity contribution is 5.93. The molecular formula is C20H24F3N3O2. The number of aromatic nitrogens is 1. The maximum atomic E-state index is 14.3. The zero-order valence-electron chi connectivity index (χ0n) is 15.6. The predicted molar refractivity (Wildman–Crippen MR) is 97.5 cm³/mol. The number of amides is 2. The van der Waals surface area contributed by atoms with Crippen molar-refractivity contribution in [3.63, 3.8) is 0 Å². The second-order valence-electron chi connectivity index (χ2n) is 7.23.